The molecule has 200 valence electrons. The first-order valence-corrected chi connectivity index (χ1v) is 12.8. The predicted molar refractivity (Wildman–Crippen MR) is 134 cm³/mol. The molecular weight excluding hydrogens is 535 g/mol. The zero-order valence-corrected chi connectivity index (χ0v) is 21.3. The predicted octanol–water partition coefficient (Wildman–Crippen LogP) is 6.22. The molecule has 1 saturated carbocycles. The molecule has 13 heteroatoms. The van der Waals surface area contributed by atoms with Crippen LogP contribution in [0.15, 0.2) is 48.7 Å². The Kier molecular flexibility index (Phi) is 6.59. The fourth-order valence-corrected chi connectivity index (χ4v) is 5.66. The SMILES string of the molecule is CCC(OC(=O)c1ccc([N+](=O)[O-])cc1)(c1cn(Cc2ccc3c(C4CC4)c(C#N)sc3c2)nn1)C(F)(F)F. The molecule has 0 aliphatic heterocycles. The van der Waals surface area contributed by atoms with E-state index in [2.05, 4.69) is 16.4 Å². The number of ether oxygens (including phenoxy) is 1. The maximum atomic E-state index is 14.4. The van der Waals surface area contributed by atoms with E-state index in [0.29, 0.717) is 10.8 Å². The number of alkyl halides is 3. The summed E-state index contributed by atoms with van der Waals surface area (Å²) in [6, 6.07) is 12.0. The van der Waals surface area contributed by atoms with Crippen molar-refractivity contribution in [2.24, 2.45) is 0 Å². The number of hydrogen-bond donors (Lipinski definition) is 0. The molecule has 1 unspecified atom stereocenters. The molecule has 0 bridgehead atoms. The number of benzene rings is 2. The Morgan fingerprint density at radius 2 is 1.97 bits per heavy atom. The van der Waals surface area contributed by atoms with Crippen LogP contribution in [0.2, 0.25) is 0 Å². The number of nitro groups is 1. The van der Waals surface area contributed by atoms with Crippen molar-refractivity contribution in [3.8, 4) is 6.07 Å². The van der Waals surface area contributed by atoms with Crippen molar-refractivity contribution in [3.05, 3.63) is 86.0 Å². The van der Waals surface area contributed by atoms with Crippen molar-refractivity contribution in [1.82, 2.24) is 15.0 Å². The number of nitrogens with zero attached hydrogens (tertiary/aromatic N) is 5. The zero-order chi connectivity index (χ0) is 27.9. The van der Waals surface area contributed by atoms with Crippen molar-refractivity contribution in [2.45, 2.75) is 50.4 Å². The van der Waals surface area contributed by atoms with Crippen LogP contribution in [0.4, 0.5) is 18.9 Å². The van der Waals surface area contributed by atoms with Gasteiger partial charge in [-0.05, 0) is 59.9 Å². The van der Waals surface area contributed by atoms with Crippen LogP contribution in [0.25, 0.3) is 10.1 Å². The van der Waals surface area contributed by atoms with Gasteiger partial charge in [-0.2, -0.15) is 18.4 Å². The molecule has 0 spiro atoms. The van der Waals surface area contributed by atoms with Gasteiger partial charge in [-0.1, -0.05) is 24.3 Å². The molecule has 1 atom stereocenters. The van der Waals surface area contributed by atoms with Gasteiger partial charge in [-0.3, -0.25) is 10.1 Å². The highest BCUT2D eigenvalue weighted by Gasteiger charge is 2.60. The van der Waals surface area contributed by atoms with Crippen molar-refractivity contribution in [2.75, 3.05) is 0 Å². The summed E-state index contributed by atoms with van der Waals surface area (Å²) in [6.07, 6.45) is -2.50. The Labute approximate surface area is 223 Å². The van der Waals surface area contributed by atoms with Crippen LogP contribution in [-0.2, 0) is 16.9 Å². The smallest absolute Gasteiger partial charge is 0.434 e. The van der Waals surface area contributed by atoms with Crippen LogP contribution >= 0.6 is 11.3 Å². The molecular formula is C26H20F3N5O4S. The number of carbonyl (C=O) groups is 1. The molecule has 0 radical (unpaired) electrons. The quantitative estimate of drug-likeness (QED) is 0.144. The number of aromatic nitrogens is 3. The average molecular weight is 556 g/mol. The second-order valence-corrected chi connectivity index (χ2v) is 10.3. The summed E-state index contributed by atoms with van der Waals surface area (Å²) in [5.74, 6) is -0.906. The number of nitriles is 1. The third kappa shape index (κ3) is 4.83. The minimum atomic E-state index is -5.03. The van der Waals surface area contributed by atoms with Crippen molar-refractivity contribution >= 4 is 33.1 Å². The maximum absolute atomic E-state index is 14.4. The molecule has 0 N–H and O–H groups in total. The second kappa shape index (κ2) is 9.77. The number of halogens is 3. The fourth-order valence-electron chi connectivity index (χ4n) is 4.51. The summed E-state index contributed by atoms with van der Waals surface area (Å²) < 4.78 is 50.4. The number of nitro benzene ring substituents is 1. The second-order valence-electron chi connectivity index (χ2n) is 9.23. The Morgan fingerprint density at radius 1 is 1.26 bits per heavy atom. The first-order valence-electron chi connectivity index (χ1n) is 12.0. The summed E-state index contributed by atoms with van der Waals surface area (Å²) in [4.78, 5) is 23.5. The maximum Gasteiger partial charge on any atom is 0.434 e. The standard InChI is InChI=1S/C26H20F3N5O4S/c1-2-25(26(27,28)29,38-24(35)17-6-8-18(9-7-17)34(36)37)22-14-33(32-31-22)13-15-3-10-19-20(11-15)39-21(12-30)23(19)16-4-5-16/h3,6-11,14,16H,2,4-5,13H2,1H3. The molecule has 1 fully saturated rings. The third-order valence-corrected chi connectivity index (χ3v) is 7.79. The molecule has 2 heterocycles. The molecule has 5 rings (SSSR count). The van der Waals surface area contributed by atoms with E-state index in [9.17, 15) is 33.3 Å². The summed E-state index contributed by atoms with van der Waals surface area (Å²) in [6.45, 7) is 1.32. The lowest BCUT2D eigenvalue weighted by Crippen LogP contribution is -2.46. The van der Waals surface area contributed by atoms with Gasteiger partial charge in [0.05, 0.1) is 23.2 Å². The van der Waals surface area contributed by atoms with E-state index in [-0.39, 0.29) is 17.8 Å². The number of hydrogen-bond acceptors (Lipinski definition) is 8. The van der Waals surface area contributed by atoms with E-state index in [1.54, 1.807) is 0 Å². The van der Waals surface area contributed by atoms with Gasteiger partial charge in [0.25, 0.3) is 11.3 Å². The number of thiophene rings is 1. The Morgan fingerprint density at radius 3 is 2.56 bits per heavy atom. The highest BCUT2D eigenvalue weighted by Crippen LogP contribution is 2.48. The summed E-state index contributed by atoms with van der Waals surface area (Å²) >= 11 is 1.39. The number of carbonyl (C=O) groups excluding carboxylic acids is 1. The summed E-state index contributed by atoms with van der Waals surface area (Å²) in [7, 11) is 0. The lowest BCUT2D eigenvalue weighted by Gasteiger charge is -2.32. The van der Waals surface area contributed by atoms with Gasteiger partial charge in [0.2, 0.25) is 0 Å². The van der Waals surface area contributed by atoms with E-state index in [1.807, 2.05) is 18.2 Å². The Balaban J connectivity index is 1.42. The van der Waals surface area contributed by atoms with Crippen LogP contribution in [0.5, 0.6) is 0 Å². The van der Waals surface area contributed by atoms with Crippen molar-refractivity contribution in [3.63, 3.8) is 0 Å². The Hall–Kier alpha value is -4.31. The molecule has 39 heavy (non-hydrogen) atoms. The van der Waals surface area contributed by atoms with Gasteiger partial charge < -0.3 is 4.74 Å². The minimum Gasteiger partial charge on any atom is -0.439 e. The molecule has 2 aromatic heterocycles. The molecule has 9 nitrogen and oxygen atoms in total. The van der Waals surface area contributed by atoms with Crippen LogP contribution in [-0.4, -0.2) is 32.1 Å². The normalized spacial score (nSPS) is 15.1. The Bertz CT molecular complexity index is 1620. The third-order valence-electron chi connectivity index (χ3n) is 6.71. The highest BCUT2D eigenvalue weighted by molar-refractivity contribution is 7.19. The van der Waals surface area contributed by atoms with Crippen LogP contribution in [0.3, 0.4) is 0 Å². The molecule has 1 aliphatic rings. The fraction of sp³-hybridized carbons (Fsp3) is 0.308. The van der Waals surface area contributed by atoms with Crippen LogP contribution < -0.4 is 0 Å². The summed E-state index contributed by atoms with van der Waals surface area (Å²) in [5.41, 5.74) is -2.44. The van der Waals surface area contributed by atoms with Gasteiger partial charge in [-0.25, -0.2) is 9.48 Å². The summed E-state index contributed by atoms with van der Waals surface area (Å²) in [5, 5.41) is 29.0. The molecule has 0 saturated heterocycles. The van der Waals surface area contributed by atoms with Crippen LogP contribution in [0.1, 0.15) is 64.2 Å². The first-order chi connectivity index (χ1) is 18.6. The van der Waals surface area contributed by atoms with E-state index < -0.39 is 34.8 Å². The van der Waals surface area contributed by atoms with E-state index in [4.69, 9.17) is 4.74 Å². The number of rotatable bonds is 8. The number of esters is 1. The van der Waals surface area contributed by atoms with Gasteiger partial charge >= 0.3 is 12.1 Å². The van der Waals surface area contributed by atoms with E-state index >= 15 is 0 Å². The number of non-ortho nitro benzene ring substituents is 1. The molecule has 0 amide bonds. The van der Waals surface area contributed by atoms with Gasteiger partial charge in [0, 0.05) is 16.8 Å². The van der Waals surface area contributed by atoms with E-state index in [1.165, 1.54) is 22.9 Å². The molecule has 1 aliphatic carbocycles. The first kappa shape index (κ1) is 26.3. The van der Waals surface area contributed by atoms with Gasteiger partial charge in [0.1, 0.15) is 16.6 Å². The monoisotopic (exact) mass is 555 g/mol. The van der Waals surface area contributed by atoms with Crippen LogP contribution in [0, 0.1) is 21.4 Å². The lowest BCUT2D eigenvalue weighted by atomic mass is 9.95. The minimum absolute atomic E-state index is 0.107. The largest absolute Gasteiger partial charge is 0.439 e. The molecule has 4 aromatic rings. The highest BCUT2D eigenvalue weighted by atomic mass is 32.1. The van der Waals surface area contributed by atoms with Crippen molar-refractivity contribution < 1.29 is 27.6 Å². The zero-order valence-electron chi connectivity index (χ0n) is 20.4. The number of fused-ring (bicyclic) bond motifs is 1. The topological polar surface area (TPSA) is 124 Å². The molecule has 2 aromatic carbocycles. The average Bonchev–Trinajstić information content (AvgIpc) is 3.52. The van der Waals surface area contributed by atoms with Gasteiger partial charge in [0.15, 0.2) is 0 Å². The lowest BCUT2D eigenvalue weighted by molar-refractivity contribution is -0.384. The van der Waals surface area contributed by atoms with E-state index in [0.717, 1.165) is 64.5 Å². The van der Waals surface area contributed by atoms with Gasteiger partial charge in [-0.15, -0.1) is 16.4 Å². The van der Waals surface area contributed by atoms with Crippen molar-refractivity contribution in [1.29, 1.82) is 5.26 Å².